The summed E-state index contributed by atoms with van der Waals surface area (Å²) in [6.07, 6.45) is 11.6. The van der Waals surface area contributed by atoms with Gasteiger partial charge in [-0.15, -0.1) is 0 Å². The molecule has 6 nitrogen and oxygen atoms in total. The van der Waals surface area contributed by atoms with E-state index in [1.165, 1.54) is 0 Å². The summed E-state index contributed by atoms with van der Waals surface area (Å²) in [6, 6.07) is -0.107. The van der Waals surface area contributed by atoms with Crippen LogP contribution in [0.3, 0.4) is 0 Å². The molecule has 126 valence electrons. The van der Waals surface area contributed by atoms with Crippen LogP contribution in [-0.4, -0.2) is 51.3 Å². The summed E-state index contributed by atoms with van der Waals surface area (Å²) in [4.78, 5) is 14.2. The zero-order chi connectivity index (χ0) is 16.0. The van der Waals surface area contributed by atoms with E-state index in [0.717, 1.165) is 44.8 Å². The highest BCUT2D eigenvalue weighted by molar-refractivity contribution is 7.88. The molecule has 0 saturated carbocycles. The minimum absolute atomic E-state index is 0.0465. The van der Waals surface area contributed by atoms with Crippen LogP contribution in [0.5, 0.6) is 0 Å². The zero-order valence-corrected chi connectivity index (χ0v) is 14.1. The summed E-state index contributed by atoms with van der Waals surface area (Å²) in [5.41, 5.74) is 0. The number of sulfonamides is 1. The third kappa shape index (κ3) is 5.61. The van der Waals surface area contributed by atoms with Crippen molar-refractivity contribution in [2.45, 2.75) is 44.6 Å². The molecule has 0 spiro atoms. The van der Waals surface area contributed by atoms with Crippen molar-refractivity contribution in [2.75, 3.05) is 25.9 Å². The molecule has 0 radical (unpaired) electrons. The lowest BCUT2D eigenvalue weighted by Crippen LogP contribution is -2.53. The van der Waals surface area contributed by atoms with Crippen LogP contribution in [-0.2, 0) is 10.0 Å². The average molecular weight is 329 g/mol. The molecule has 2 unspecified atom stereocenters. The van der Waals surface area contributed by atoms with Crippen LogP contribution in [0.15, 0.2) is 12.2 Å². The maximum atomic E-state index is 12.4. The van der Waals surface area contributed by atoms with E-state index in [-0.39, 0.29) is 12.1 Å². The van der Waals surface area contributed by atoms with E-state index in [1.807, 2.05) is 0 Å². The molecule has 1 saturated heterocycles. The first kappa shape index (κ1) is 17.3. The molecule has 2 atom stereocenters. The summed E-state index contributed by atoms with van der Waals surface area (Å²) >= 11 is 0. The van der Waals surface area contributed by atoms with Crippen molar-refractivity contribution in [1.29, 1.82) is 0 Å². The van der Waals surface area contributed by atoms with E-state index in [0.29, 0.717) is 25.6 Å². The quantitative estimate of drug-likeness (QED) is 0.750. The van der Waals surface area contributed by atoms with Crippen LogP contribution in [0, 0.1) is 5.92 Å². The number of likely N-dealkylation sites (tertiary alicyclic amines) is 1. The van der Waals surface area contributed by atoms with Crippen LogP contribution in [0.4, 0.5) is 4.79 Å². The average Bonchev–Trinajstić information content (AvgIpc) is 2.51. The normalized spacial score (nSPS) is 26.0. The predicted octanol–water partition coefficient (Wildman–Crippen LogP) is 1.46. The molecule has 1 aliphatic carbocycles. The molecule has 2 rings (SSSR count). The van der Waals surface area contributed by atoms with Gasteiger partial charge >= 0.3 is 6.03 Å². The van der Waals surface area contributed by atoms with Gasteiger partial charge in [0.25, 0.3) is 0 Å². The summed E-state index contributed by atoms with van der Waals surface area (Å²) in [7, 11) is -3.22. The standard InChI is InChI=1S/C15H27N3O3S/c1-22(20,21)17-12-14-9-5-6-10-18(14)15(19)16-11-13-7-3-2-4-8-13/h2-3,13-14,17H,4-12H2,1H3,(H,16,19). The van der Waals surface area contributed by atoms with Crippen LogP contribution < -0.4 is 10.0 Å². The second-order valence-electron chi connectivity index (χ2n) is 6.30. The Bertz CT molecular complexity index is 504. The fraction of sp³-hybridized carbons (Fsp3) is 0.800. The van der Waals surface area contributed by atoms with E-state index in [4.69, 9.17) is 0 Å². The maximum absolute atomic E-state index is 12.4. The van der Waals surface area contributed by atoms with Gasteiger partial charge in [0.1, 0.15) is 0 Å². The molecule has 0 aromatic heterocycles. The fourth-order valence-electron chi connectivity index (χ4n) is 3.10. The number of hydrogen-bond donors (Lipinski definition) is 2. The van der Waals surface area contributed by atoms with Crippen molar-refractivity contribution in [3.8, 4) is 0 Å². The Hall–Kier alpha value is -1.08. The van der Waals surface area contributed by atoms with E-state index in [2.05, 4.69) is 22.2 Å². The molecule has 0 bridgehead atoms. The number of carbonyl (C=O) groups is 1. The minimum atomic E-state index is -3.22. The highest BCUT2D eigenvalue weighted by Gasteiger charge is 2.27. The van der Waals surface area contributed by atoms with Gasteiger partial charge in [0.15, 0.2) is 0 Å². The summed E-state index contributed by atoms with van der Waals surface area (Å²) < 4.78 is 25.0. The molecule has 2 N–H and O–H groups in total. The largest absolute Gasteiger partial charge is 0.338 e. The van der Waals surface area contributed by atoms with Crippen molar-refractivity contribution >= 4 is 16.1 Å². The van der Waals surface area contributed by atoms with Crippen molar-refractivity contribution in [3.05, 3.63) is 12.2 Å². The highest BCUT2D eigenvalue weighted by atomic mass is 32.2. The van der Waals surface area contributed by atoms with Crippen LogP contribution in [0.25, 0.3) is 0 Å². The molecule has 22 heavy (non-hydrogen) atoms. The predicted molar refractivity (Wildman–Crippen MR) is 87.1 cm³/mol. The second-order valence-corrected chi connectivity index (χ2v) is 8.13. The fourth-order valence-corrected chi connectivity index (χ4v) is 3.60. The van der Waals surface area contributed by atoms with Crippen molar-refractivity contribution in [3.63, 3.8) is 0 Å². The van der Waals surface area contributed by atoms with Gasteiger partial charge in [-0.3, -0.25) is 0 Å². The SMILES string of the molecule is CS(=O)(=O)NCC1CCCCN1C(=O)NCC1CC=CCC1. The number of piperidine rings is 1. The number of nitrogens with zero attached hydrogens (tertiary/aromatic N) is 1. The number of nitrogens with one attached hydrogen (secondary N) is 2. The minimum Gasteiger partial charge on any atom is -0.338 e. The first-order valence-electron chi connectivity index (χ1n) is 8.10. The van der Waals surface area contributed by atoms with Gasteiger partial charge < -0.3 is 10.2 Å². The Morgan fingerprint density at radius 3 is 2.73 bits per heavy atom. The van der Waals surface area contributed by atoms with E-state index in [9.17, 15) is 13.2 Å². The molecular weight excluding hydrogens is 302 g/mol. The first-order chi connectivity index (χ1) is 10.5. The molecule has 2 aliphatic rings. The van der Waals surface area contributed by atoms with E-state index in [1.54, 1.807) is 4.90 Å². The molecule has 2 amide bonds. The second kappa shape index (κ2) is 7.97. The summed E-state index contributed by atoms with van der Waals surface area (Å²) in [5.74, 6) is 0.520. The smallest absolute Gasteiger partial charge is 0.317 e. The van der Waals surface area contributed by atoms with Crippen LogP contribution >= 0.6 is 0 Å². The van der Waals surface area contributed by atoms with Crippen molar-refractivity contribution < 1.29 is 13.2 Å². The third-order valence-electron chi connectivity index (χ3n) is 4.39. The molecule has 7 heteroatoms. The van der Waals surface area contributed by atoms with Gasteiger partial charge in [-0.05, 0) is 44.4 Å². The molecule has 1 fully saturated rings. The van der Waals surface area contributed by atoms with Gasteiger partial charge in [-0.1, -0.05) is 12.2 Å². The highest BCUT2D eigenvalue weighted by Crippen LogP contribution is 2.19. The summed E-state index contributed by atoms with van der Waals surface area (Å²) in [6.45, 7) is 1.71. The van der Waals surface area contributed by atoms with Gasteiger partial charge in [0.05, 0.1) is 6.26 Å². The lowest BCUT2D eigenvalue weighted by Gasteiger charge is -2.36. The van der Waals surface area contributed by atoms with Crippen LogP contribution in [0.1, 0.15) is 38.5 Å². The topological polar surface area (TPSA) is 78.5 Å². The van der Waals surface area contributed by atoms with Gasteiger partial charge in [0.2, 0.25) is 10.0 Å². The molecule has 1 aliphatic heterocycles. The molecule has 1 heterocycles. The number of hydrogen-bond acceptors (Lipinski definition) is 3. The number of carbonyl (C=O) groups excluding carboxylic acids is 1. The maximum Gasteiger partial charge on any atom is 0.317 e. The number of urea groups is 1. The number of rotatable bonds is 5. The van der Waals surface area contributed by atoms with Gasteiger partial charge in [-0.2, -0.15) is 0 Å². The monoisotopic (exact) mass is 329 g/mol. The lowest BCUT2D eigenvalue weighted by molar-refractivity contribution is 0.150. The zero-order valence-electron chi connectivity index (χ0n) is 13.3. The Morgan fingerprint density at radius 1 is 1.23 bits per heavy atom. The number of allylic oxidation sites excluding steroid dienone is 2. The van der Waals surface area contributed by atoms with E-state index >= 15 is 0 Å². The Kier molecular flexibility index (Phi) is 6.26. The van der Waals surface area contributed by atoms with Crippen molar-refractivity contribution in [2.24, 2.45) is 5.92 Å². The van der Waals surface area contributed by atoms with E-state index < -0.39 is 10.0 Å². The molecule has 0 aromatic rings. The van der Waals surface area contributed by atoms with Crippen LogP contribution in [0.2, 0.25) is 0 Å². The van der Waals surface area contributed by atoms with Gasteiger partial charge in [0, 0.05) is 25.7 Å². The van der Waals surface area contributed by atoms with Gasteiger partial charge in [-0.25, -0.2) is 17.9 Å². The Morgan fingerprint density at radius 2 is 2.05 bits per heavy atom. The lowest BCUT2D eigenvalue weighted by atomic mass is 9.94. The first-order valence-corrected chi connectivity index (χ1v) is 9.99. The third-order valence-corrected chi connectivity index (χ3v) is 5.08. The Labute approximate surface area is 133 Å². The number of amides is 2. The Balaban J connectivity index is 1.83. The van der Waals surface area contributed by atoms with Crippen molar-refractivity contribution in [1.82, 2.24) is 14.9 Å². The molecular formula is C15H27N3O3S. The summed E-state index contributed by atoms with van der Waals surface area (Å²) in [5, 5.41) is 3.03. The molecule has 0 aromatic carbocycles.